The molecule has 0 bridgehead atoms. The molecule has 3 rings (SSSR count). The summed E-state index contributed by atoms with van der Waals surface area (Å²) < 4.78 is 16.2. The Kier molecular flexibility index (Phi) is 2.75. The number of hydrogen-bond donors (Lipinski definition) is 1. The highest BCUT2D eigenvalue weighted by Gasteiger charge is 2.11. The molecule has 0 aliphatic rings. The van der Waals surface area contributed by atoms with Crippen LogP contribution in [0.2, 0.25) is 0 Å². The van der Waals surface area contributed by atoms with Crippen LogP contribution in [0, 0.1) is 24.4 Å². The molecular formula is C15H13FN2S. The van der Waals surface area contributed by atoms with Crippen LogP contribution in [0.25, 0.3) is 16.7 Å². The highest BCUT2D eigenvalue weighted by molar-refractivity contribution is 7.71. The second-order valence-electron chi connectivity index (χ2n) is 4.62. The lowest BCUT2D eigenvalue weighted by molar-refractivity contribution is 0.617. The summed E-state index contributed by atoms with van der Waals surface area (Å²) in [6.45, 7) is 3.79. The Labute approximate surface area is 115 Å². The monoisotopic (exact) mass is 272 g/mol. The zero-order chi connectivity index (χ0) is 13.6. The van der Waals surface area contributed by atoms with Crippen molar-refractivity contribution in [2.45, 2.75) is 13.8 Å². The van der Waals surface area contributed by atoms with Crippen LogP contribution in [0.1, 0.15) is 11.1 Å². The number of rotatable bonds is 1. The normalized spacial score (nSPS) is 11.1. The smallest absolute Gasteiger partial charge is 0.182 e. The Bertz CT molecular complexity index is 830. The van der Waals surface area contributed by atoms with E-state index >= 15 is 0 Å². The summed E-state index contributed by atoms with van der Waals surface area (Å²) in [4.78, 5) is 3.20. The number of H-pyrrole nitrogens is 1. The first kappa shape index (κ1) is 12.1. The Hall–Kier alpha value is -1.94. The van der Waals surface area contributed by atoms with E-state index < -0.39 is 0 Å². The van der Waals surface area contributed by atoms with E-state index in [9.17, 15) is 4.39 Å². The largest absolute Gasteiger partial charge is 0.330 e. The van der Waals surface area contributed by atoms with Crippen molar-refractivity contribution in [3.05, 3.63) is 58.1 Å². The fourth-order valence-corrected chi connectivity index (χ4v) is 2.65. The van der Waals surface area contributed by atoms with E-state index in [2.05, 4.69) is 4.98 Å². The molecule has 0 unspecified atom stereocenters. The maximum atomic E-state index is 13.7. The number of aromatic amines is 1. The van der Waals surface area contributed by atoms with E-state index in [1.807, 2.05) is 35.8 Å². The number of hydrogen-bond acceptors (Lipinski definition) is 1. The summed E-state index contributed by atoms with van der Waals surface area (Å²) in [6.07, 6.45) is 0. The first-order chi connectivity index (χ1) is 9.09. The number of nitrogens with one attached hydrogen (secondary N) is 1. The Morgan fingerprint density at radius 2 is 1.84 bits per heavy atom. The van der Waals surface area contributed by atoms with Crippen LogP contribution in [0.15, 0.2) is 36.4 Å². The molecular weight excluding hydrogens is 259 g/mol. The van der Waals surface area contributed by atoms with Crippen LogP contribution >= 0.6 is 12.2 Å². The molecule has 4 heteroatoms. The molecule has 19 heavy (non-hydrogen) atoms. The van der Waals surface area contributed by atoms with Gasteiger partial charge < -0.3 is 4.98 Å². The van der Waals surface area contributed by atoms with Crippen LogP contribution in [0.4, 0.5) is 4.39 Å². The second kappa shape index (κ2) is 4.31. The zero-order valence-corrected chi connectivity index (χ0v) is 11.5. The van der Waals surface area contributed by atoms with Crippen molar-refractivity contribution in [3.63, 3.8) is 0 Å². The van der Waals surface area contributed by atoms with Crippen LogP contribution < -0.4 is 0 Å². The lowest BCUT2D eigenvalue weighted by Crippen LogP contribution is -1.98. The zero-order valence-electron chi connectivity index (χ0n) is 10.7. The van der Waals surface area contributed by atoms with Crippen LogP contribution in [0.5, 0.6) is 0 Å². The molecule has 0 radical (unpaired) electrons. The Morgan fingerprint density at radius 3 is 2.63 bits per heavy atom. The van der Waals surface area contributed by atoms with Gasteiger partial charge in [-0.3, -0.25) is 4.57 Å². The van der Waals surface area contributed by atoms with E-state index in [1.54, 1.807) is 13.0 Å². The molecule has 2 nitrogen and oxygen atoms in total. The molecule has 2 aromatic carbocycles. The van der Waals surface area contributed by atoms with E-state index in [0.717, 1.165) is 22.3 Å². The molecule has 1 heterocycles. The maximum absolute atomic E-state index is 13.7. The van der Waals surface area contributed by atoms with Gasteiger partial charge in [-0.05, 0) is 49.8 Å². The molecule has 0 fully saturated rings. The van der Waals surface area contributed by atoms with Gasteiger partial charge in [0, 0.05) is 5.56 Å². The van der Waals surface area contributed by atoms with Gasteiger partial charge in [-0.1, -0.05) is 18.2 Å². The minimum atomic E-state index is -0.221. The first-order valence-corrected chi connectivity index (χ1v) is 6.46. The van der Waals surface area contributed by atoms with Gasteiger partial charge in [0.25, 0.3) is 0 Å². The molecule has 0 aliphatic heterocycles. The fraction of sp³-hybridized carbons (Fsp3) is 0.133. The van der Waals surface area contributed by atoms with Gasteiger partial charge in [0.2, 0.25) is 0 Å². The number of aryl methyl sites for hydroxylation is 1. The summed E-state index contributed by atoms with van der Waals surface area (Å²) in [7, 11) is 0. The maximum Gasteiger partial charge on any atom is 0.182 e. The molecule has 0 saturated heterocycles. The molecule has 0 amide bonds. The van der Waals surface area contributed by atoms with Gasteiger partial charge in [-0.2, -0.15) is 0 Å². The number of aromatic nitrogens is 2. The number of halogens is 1. The van der Waals surface area contributed by atoms with Gasteiger partial charge in [-0.15, -0.1) is 0 Å². The van der Waals surface area contributed by atoms with Crippen molar-refractivity contribution in [2.24, 2.45) is 0 Å². The minimum absolute atomic E-state index is 0.221. The van der Waals surface area contributed by atoms with Crippen LogP contribution in [-0.4, -0.2) is 9.55 Å². The summed E-state index contributed by atoms with van der Waals surface area (Å²) in [5.74, 6) is -0.221. The molecule has 0 spiro atoms. The predicted molar refractivity (Wildman–Crippen MR) is 77.9 cm³/mol. The molecule has 1 N–H and O–H groups in total. The number of nitrogens with zero attached hydrogens (tertiary/aromatic N) is 1. The van der Waals surface area contributed by atoms with Crippen molar-refractivity contribution in [3.8, 4) is 5.69 Å². The molecule has 0 saturated carbocycles. The summed E-state index contributed by atoms with van der Waals surface area (Å²) >= 11 is 5.38. The number of para-hydroxylation sites is 1. The van der Waals surface area contributed by atoms with Gasteiger partial charge in [-0.25, -0.2) is 4.39 Å². The van der Waals surface area contributed by atoms with E-state index in [4.69, 9.17) is 12.2 Å². The SMILES string of the molecule is Cc1c(F)cccc1-n1c(=S)[nH]c2c(C)cccc21. The molecule has 0 atom stereocenters. The molecule has 96 valence electrons. The van der Waals surface area contributed by atoms with Gasteiger partial charge in [0.15, 0.2) is 4.77 Å². The van der Waals surface area contributed by atoms with Crippen molar-refractivity contribution < 1.29 is 4.39 Å². The van der Waals surface area contributed by atoms with Gasteiger partial charge in [0.1, 0.15) is 5.82 Å². The van der Waals surface area contributed by atoms with Crippen molar-refractivity contribution in [2.75, 3.05) is 0 Å². The van der Waals surface area contributed by atoms with E-state index in [0.29, 0.717) is 10.3 Å². The Balaban J connectivity index is 2.44. The highest BCUT2D eigenvalue weighted by atomic mass is 32.1. The van der Waals surface area contributed by atoms with Crippen molar-refractivity contribution in [1.82, 2.24) is 9.55 Å². The molecule has 0 aliphatic carbocycles. The minimum Gasteiger partial charge on any atom is -0.330 e. The lowest BCUT2D eigenvalue weighted by Gasteiger charge is -2.09. The first-order valence-electron chi connectivity index (χ1n) is 6.05. The number of fused-ring (bicyclic) bond motifs is 1. The summed E-state index contributed by atoms with van der Waals surface area (Å²) in [6, 6.07) is 11.0. The van der Waals surface area contributed by atoms with Gasteiger partial charge in [0.05, 0.1) is 16.7 Å². The third kappa shape index (κ3) is 1.79. The average Bonchev–Trinajstić information content (AvgIpc) is 2.71. The Morgan fingerprint density at radius 1 is 1.11 bits per heavy atom. The van der Waals surface area contributed by atoms with E-state index in [-0.39, 0.29) is 5.82 Å². The number of benzene rings is 2. The molecule has 1 aromatic heterocycles. The van der Waals surface area contributed by atoms with Crippen molar-refractivity contribution in [1.29, 1.82) is 0 Å². The predicted octanol–water partition coefficient (Wildman–Crippen LogP) is 4.44. The quantitative estimate of drug-likeness (QED) is 0.649. The second-order valence-corrected chi connectivity index (χ2v) is 5.01. The molecule has 3 aromatic rings. The third-order valence-corrected chi connectivity index (χ3v) is 3.69. The van der Waals surface area contributed by atoms with Crippen LogP contribution in [-0.2, 0) is 0 Å². The summed E-state index contributed by atoms with van der Waals surface area (Å²) in [5.41, 5.74) is 4.47. The van der Waals surface area contributed by atoms with Crippen molar-refractivity contribution >= 4 is 23.3 Å². The van der Waals surface area contributed by atoms with Gasteiger partial charge >= 0.3 is 0 Å². The number of imidazole rings is 1. The third-order valence-electron chi connectivity index (χ3n) is 3.41. The van der Waals surface area contributed by atoms with E-state index in [1.165, 1.54) is 6.07 Å². The standard InChI is InChI=1S/C15H13FN2S/c1-9-5-3-8-13-14(9)17-15(19)18(13)12-7-4-6-11(16)10(12)2/h3-8H,1-2H3,(H,17,19). The van der Waals surface area contributed by atoms with Crippen LogP contribution in [0.3, 0.4) is 0 Å². The lowest BCUT2D eigenvalue weighted by atomic mass is 10.1. The topological polar surface area (TPSA) is 20.7 Å². The fourth-order valence-electron chi connectivity index (χ4n) is 2.35. The average molecular weight is 272 g/mol. The summed E-state index contributed by atoms with van der Waals surface area (Å²) in [5, 5.41) is 0. The highest BCUT2D eigenvalue weighted by Crippen LogP contribution is 2.24.